The molecule has 0 aliphatic carbocycles. The molecule has 1 fully saturated rings. The number of nitrogens with zero attached hydrogens (tertiary/aromatic N) is 1. The van der Waals surface area contributed by atoms with Gasteiger partial charge in [-0.3, -0.25) is 4.79 Å². The van der Waals surface area contributed by atoms with Gasteiger partial charge in [-0.15, -0.1) is 11.8 Å². The van der Waals surface area contributed by atoms with Crippen molar-refractivity contribution in [3.63, 3.8) is 0 Å². The van der Waals surface area contributed by atoms with E-state index < -0.39 is 0 Å². The number of hydrogen-bond donors (Lipinski definition) is 2. The second-order valence-corrected chi connectivity index (χ2v) is 10.7. The molecule has 0 amide bonds. The lowest BCUT2D eigenvalue weighted by Gasteiger charge is -2.47. The van der Waals surface area contributed by atoms with Gasteiger partial charge in [0.1, 0.15) is 0 Å². The summed E-state index contributed by atoms with van der Waals surface area (Å²) in [5.74, 6) is 1.85. The highest BCUT2D eigenvalue weighted by Crippen LogP contribution is 2.56. The van der Waals surface area contributed by atoms with Gasteiger partial charge in [-0.1, -0.05) is 28.1 Å². The number of para-hydroxylation sites is 1. The highest BCUT2D eigenvalue weighted by Gasteiger charge is 2.52. The van der Waals surface area contributed by atoms with Crippen molar-refractivity contribution in [1.82, 2.24) is 5.32 Å². The summed E-state index contributed by atoms with van der Waals surface area (Å²) in [7, 11) is 0. The Morgan fingerprint density at radius 2 is 2.23 bits per heavy atom. The van der Waals surface area contributed by atoms with Crippen LogP contribution in [0.15, 0.2) is 45.8 Å². The lowest BCUT2D eigenvalue weighted by atomic mass is 9.73. The van der Waals surface area contributed by atoms with Crippen LogP contribution in [0.25, 0.3) is 0 Å². The van der Waals surface area contributed by atoms with Crippen LogP contribution < -0.4 is 16.0 Å². The molecular formula is C24H28BrN3OS. The second kappa shape index (κ2) is 8.21. The molecule has 0 saturated carbocycles. The summed E-state index contributed by atoms with van der Waals surface area (Å²) >= 11 is 5.43. The van der Waals surface area contributed by atoms with Crippen molar-refractivity contribution in [2.45, 2.75) is 48.5 Å². The molecule has 0 aromatic heterocycles. The number of hydrogen-bond acceptors (Lipinski definition) is 5. The van der Waals surface area contributed by atoms with Crippen molar-refractivity contribution in [3.05, 3.63) is 52.0 Å². The monoisotopic (exact) mass is 485 g/mol. The summed E-state index contributed by atoms with van der Waals surface area (Å²) in [4.78, 5) is 17.1. The van der Waals surface area contributed by atoms with Gasteiger partial charge in [-0.25, -0.2) is 0 Å². The summed E-state index contributed by atoms with van der Waals surface area (Å²) in [6.07, 6.45) is 4.87. The Labute approximate surface area is 191 Å². The molecule has 5 rings (SSSR count). The van der Waals surface area contributed by atoms with E-state index in [2.05, 4.69) is 44.3 Å². The number of nitrogen functional groups attached to an aromatic ring is 1. The van der Waals surface area contributed by atoms with E-state index in [1.165, 1.54) is 28.3 Å². The normalized spacial score (nSPS) is 24.8. The number of anilines is 2. The van der Waals surface area contributed by atoms with Crippen LogP contribution in [0.3, 0.4) is 0 Å². The topological polar surface area (TPSA) is 58.4 Å². The van der Waals surface area contributed by atoms with E-state index in [0.717, 1.165) is 43.4 Å². The molecule has 6 heteroatoms. The molecule has 1 saturated heterocycles. The van der Waals surface area contributed by atoms with E-state index in [4.69, 9.17) is 5.73 Å². The Bertz CT molecular complexity index is 981. The molecular weight excluding hydrogens is 458 g/mol. The number of benzene rings is 2. The number of Topliss-reactive ketones (excluding diaryl/α,β-unsaturated/α-hetero) is 1. The SMILES string of the molecule is Nc1cc(Br)ccc1C(=O)CCC[C@]12CCNC[C@H]1c1cccc3c1N2CCCS3. The number of halogens is 1. The van der Waals surface area contributed by atoms with Crippen LogP contribution in [0.2, 0.25) is 0 Å². The molecule has 30 heavy (non-hydrogen) atoms. The zero-order valence-electron chi connectivity index (χ0n) is 17.1. The third kappa shape index (κ3) is 3.37. The van der Waals surface area contributed by atoms with E-state index >= 15 is 0 Å². The molecule has 3 aliphatic rings. The van der Waals surface area contributed by atoms with Gasteiger partial charge in [0.05, 0.1) is 5.69 Å². The van der Waals surface area contributed by atoms with Crippen LogP contribution in [-0.4, -0.2) is 36.7 Å². The van der Waals surface area contributed by atoms with E-state index in [1.54, 1.807) is 0 Å². The predicted molar refractivity (Wildman–Crippen MR) is 129 cm³/mol. The minimum Gasteiger partial charge on any atom is -0.398 e. The number of piperidine rings is 1. The lowest BCUT2D eigenvalue weighted by molar-refractivity contribution is 0.0975. The van der Waals surface area contributed by atoms with Crippen molar-refractivity contribution in [2.24, 2.45) is 0 Å². The molecule has 3 heterocycles. The van der Waals surface area contributed by atoms with Crippen LogP contribution in [0.5, 0.6) is 0 Å². The maximum Gasteiger partial charge on any atom is 0.164 e. The summed E-state index contributed by atoms with van der Waals surface area (Å²) in [5.41, 5.74) is 10.4. The van der Waals surface area contributed by atoms with Crippen molar-refractivity contribution >= 4 is 44.8 Å². The number of nitrogens with one attached hydrogen (secondary N) is 1. The van der Waals surface area contributed by atoms with Gasteiger partial charge in [-0.05, 0) is 67.8 Å². The average molecular weight is 486 g/mol. The maximum absolute atomic E-state index is 12.9. The first-order valence-electron chi connectivity index (χ1n) is 10.9. The van der Waals surface area contributed by atoms with Gasteiger partial charge in [-0.2, -0.15) is 0 Å². The molecule has 3 aliphatic heterocycles. The second-order valence-electron chi connectivity index (χ2n) is 8.67. The van der Waals surface area contributed by atoms with E-state index in [1.807, 2.05) is 30.0 Å². The summed E-state index contributed by atoms with van der Waals surface area (Å²) < 4.78 is 0.909. The number of carbonyl (C=O) groups excluding carboxylic acids is 1. The molecule has 2 atom stereocenters. The van der Waals surface area contributed by atoms with Gasteiger partial charge >= 0.3 is 0 Å². The van der Waals surface area contributed by atoms with Gasteiger partial charge < -0.3 is 16.0 Å². The molecule has 0 unspecified atom stereocenters. The van der Waals surface area contributed by atoms with Crippen LogP contribution in [0.4, 0.5) is 11.4 Å². The average Bonchev–Trinajstić information content (AvgIpc) is 2.86. The fraction of sp³-hybridized carbons (Fsp3) is 0.458. The first kappa shape index (κ1) is 20.4. The molecule has 158 valence electrons. The summed E-state index contributed by atoms with van der Waals surface area (Å²) in [5, 5.41) is 3.64. The minimum absolute atomic E-state index is 0.139. The molecule has 2 aromatic rings. The summed E-state index contributed by atoms with van der Waals surface area (Å²) in [6.45, 7) is 3.21. The van der Waals surface area contributed by atoms with Gasteiger partial charge in [0, 0.05) is 51.6 Å². The van der Waals surface area contributed by atoms with Gasteiger partial charge in [0.15, 0.2) is 5.78 Å². The maximum atomic E-state index is 12.9. The molecule has 2 aromatic carbocycles. The Morgan fingerprint density at radius 1 is 1.33 bits per heavy atom. The van der Waals surface area contributed by atoms with Gasteiger partial charge in [0.2, 0.25) is 0 Å². The van der Waals surface area contributed by atoms with Crippen molar-refractivity contribution in [3.8, 4) is 0 Å². The van der Waals surface area contributed by atoms with Crippen LogP contribution in [-0.2, 0) is 0 Å². The molecule has 3 N–H and O–H groups in total. The largest absolute Gasteiger partial charge is 0.398 e. The standard InChI is InChI=1S/C24H28BrN3OS/c25-16-7-8-18(20(26)14-16)21(29)5-2-9-24-10-11-27-15-19(24)17-4-1-6-22-23(17)28(24)12-3-13-30-22/h1,4,6-8,14,19,27H,2-3,5,9-13,15,26H2/t19-,24-/m0/s1. The van der Waals surface area contributed by atoms with E-state index in [0.29, 0.717) is 23.6 Å². The number of thioether (sulfide) groups is 1. The number of nitrogens with two attached hydrogens (primary N) is 1. The number of carbonyl (C=O) groups is 1. The predicted octanol–water partition coefficient (Wildman–Crippen LogP) is 5.22. The van der Waals surface area contributed by atoms with Gasteiger partial charge in [0.25, 0.3) is 0 Å². The Morgan fingerprint density at radius 3 is 3.10 bits per heavy atom. The summed E-state index contributed by atoms with van der Waals surface area (Å²) in [6, 6.07) is 12.4. The van der Waals surface area contributed by atoms with E-state index in [9.17, 15) is 4.79 Å². The Kier molecular flexibility index (Phi) is 5.58. The fourth-order valence-corrected chi connectivity index (χ4v) is 7.15. The molecule has 4 nitrogen and oxygen atoms in total. The van der Waals surface area contributed by atoms with Crippen molar-refractivity contribution in [2.75, 3.05) is 36.0 Å². The van der Waals surface area contributed by atoms with Crippen molar-refractivity contribution in [1.29, 1.82) is 0 Å². The Hall–Kier alpha value is -1.50. The van der Waals surface area contributed by atoms with Crippen LogP contribution in [0.1, 0.15) is 53.9 Å². The first-order chi connectivity index (χ1) is 14.6. The molecule has 0 radical (unpaired) electrons. The molecule has 0 spiro atoms. The highest BCUT2D eigenvalue weighted by atomic mass is 79.9. The highest BCUT2D eigenvalue weighted by molar-refractivity contribution is 9.10. The number of ketones is 1. The zero-order chi connectivity index (χ0) is 20.7. The van der Waals surface area contributed by atoms with Crippen LogP contribution >= 0.6 is 27.7 Å². The number of fused-ring (bicyclic) bond motifs is 3. The quantitative estimate of drug-likeness (QED) is 0.449. The zero-order valence-corrected chi connectivity index (χ0v) is 19.5. The van der Waals surface area contributed by atoms with Crippen molar-refractivity contribution < 1.29 is 4.79 Å². The Balaban J connectivity index is 1.39. The minimum atomic E-state index is 0.139. The first-order valence-corrected chi connectivity index (χ1v) is 12.7. The third-order valence-electron chi connectivity index (χ3n) is 7.06. The number of rotatable bonds is 5. The lowest BCUT2D eigenvalue weighted by Crippen LogP contribution is -2.56. The smallest absolute Gasteiger partial charge is 0.164 e. The fourth-order valence-electron chi connectivity index (χ4n) is 5.74. The van der Waals surface area contributed by atoms with E-state index in [-0.39, 0.29) is 11.3 Å². The molecule has 0 bridgehead atoms. The third-order valence-corrected chi connectivity index (χ3v) is 8.68. The van der Waals surface area contributed by atoms with Crippen LogP contribution in [0, 0.1) is 0 Å².